The standard InChI is InChI=1S/C8H13N3O2S/c1-3-4-6-10-8(14-11-6)9-5-7(12)13-2/h3-5H2,1-2H3,(H,9,10,11). The second-order valence-electron chi connectivity index (χ2n) is 2.70. The summed E-state index contributed by atoms with van der Waals surface area (Å²) in [5.41, 5.74) is 0. The van der Waals surface area contributed by atoms with Crippen LogP contribution in [0.5, 0.6) is 0 Å². The van der Waals surface area contributed by atoms with Crippen LogP contribution in [0.1, 0.15) is 19.2 Å². The maximum Gasteiger partial charge on any atom is 0.325 e. The number of hydrogen-bond donors (Lipinski definition) is 1. The number of carbonyl (C=O) groups excluding carboxylic acids is 1. The Kier molecular flexibility index (Phi) is 4.31. The van der Waals surface area contributed by atoms with E-state index in [1.165, 1.54) is 18.6 Å². The Morgan fingerprint density at radius 3 is 3.07 bits per heavy atom. The van der Waals surface area contributed by atoms with E-state index in [2.05, 4.69) is 26.3 Å². The number of nitrogens with zero attached hydrogens (tertiary/aromatic N) is 2. The van der Waals surface area contributed by atoms with Gasteiger partial charge in [-0.1, -0.05) is 6.92 Å². The number of esters is 1. The molecule has 0 spiro atoms. The van der Waals surface area contributed by atoms with Crippen molar-refractivity contribution >= 4 is 22.6 Å². The van der Waals surface area contributed by atoms with Crippen molar-refractivity contribution in [3.63, 3.8) is 0 Å². The summed E-state index contributed by atoms with van der Waals surface area (Å²) < 4.78 is 8.61. The molecular formula is C8H13N3O2S. The number of methoxy groups -OCH3 is 1. The first-order chi connectivity index (χ1) is 6.76. The van der Waals surface area contributed by atoms with Gasteiger partial charge in [-0.05, 0) is 6.42 Å². The van der Waals surface area contributed by atoms with Crippen molar-refractivity contribution in [3.8, 4) is 0 Å². The maximum atomic E-state index is 10.8. The second kappa shape index (κ2) is 5.54. The highest BCUT2D eigenvalue weighted by Gasteiger charge is 2.04. The fourth-order valence-electron chi connectivity index (χ4n) is 0.871. The number of nitrogens with one attached hydrogen (secondary N) is 1. The Morgan fingerprint density at radius 1 is 1.64 bits per heavy atom. The molecule has 0 saturated carbocycles. The Bertz CT molecular complexity index is 301. The van der Waals surface area contributed by atoms with Gasteiger partial charge in [0.25, 0.3) is 0 Å². The van der Waals surface area contributed by atoms with Gasteiger partial charge < -0.3 is 10.1 Å². The maximum absolute atomic E-state index is 10.8. The predicted octanol–water partition coefficient (Wildman–Crippen LogP) is 1.08. The lowest BCUT2D eigenvalue weighted by Crippen LogP contribution is -2.14. The smallest absolute Gasteiger partial charge is 0.325 e. The molecule has 78 valence electrons. The van der Waals surface area contributed by atoms with Crippen molar-refractivity contribution in [1.29, 1.82) is 0 Å². The van der Waals surface area contributed by atoms with Crippen LogP contribution in [0.25, 0.3) is 0 Å². The summed E-state index contributed by atoms with van der Waals surface area (Å²) in [5.74, 6) is 0.516. The summed E-state index contributed by atoms with van der Waals surface area (Å²) in [6.45, 7) is 2.21. The number of rotatable bonds is 5. The minimum atomic E-state index is -0.308. The minimum Gasteiger partial charge on any atom is -0.468 e. The third-order valence-electron chi connectivity index (χ3n) is 1.55. The zero-order valence-corrected chi connectivity index (χ0v) is 9.06. The Balaban J connectivity index is 2.39. The lowest BCUT2D eigenvalue weighted by Gasteiger charge is -1.98. The average molecular weight is 215 g/mol. The van der Waals surface area contributed by atoms with Crippen molar-refractivity contribution in [3.05, 3.63) is 5.82 Å². The highest BCUT2D eigenvalue weighted by Crippen LogP contribution is 2.11. The summed E-state index contributed by atoms with van der Waals surface area (Å²) in [6, 6.07) is 0. The van der Waals surface area contributed by atoms with Gasteiger partial charge in [0.2, 0.25) is 5.13 Å². The van der Waals surface area contributed by atoms with E-state index in [1.807, 2.05) is 0 Å². The van der Waals surface area contributed by atoms with E-state index in [4.69, 9.17) is 0 Å². The van der Waals surface area contributed by atoms with Crippen LogP contribution in [-0.2, 0) is 16.0 Å². The first-order valence-corrected chi connectivity index (χ1v) is 5.17. The molecule has 14 heavy (non-hydrogen) atoms. The molecule has 0 unspecified atom stereocenters. The molecule has 0 aliphatic heterocycles. The van der Waals surface area contributed by atoms with Crippen molar-refractivity contribution in [2.45, 2.75) is 19.8 Å². The van der Waals surface area contributed by atoms with Crippen molar-refractivity contribution < 1.29 is 9.53 Å². The third kappa shape index (κ3) is 3.29. The normalized spacial score (nSPS) is 9.86. The molecule has 0 saturated heterocycles. The van der Waals surface area contributed by atoms with E-state index in [0.29, 0.717) is 5.13 Å². The molecule has 0 aliphatic carbocycles. The summed E-state index contributed by atoms with van der Waals surface area (Å²) in [6.07, 6.45) is 1.89. The average Bonchev–Trinajstić information content (AvgIpc) is 2.63. The number of hydrogen-bond acceptors (Lipinski definition) is 6. The minimum absolute atomic E-state index is 0.136. The van der Waals surface area contributed by atoms with Gasteiger partial charge in [-0.2, -0.15) is 4.37 Å². The number of carbonyl (C=O) groups is 1. The van der Waals surface area contributed by atoms with Gasteiger partial charge in [0, 0.05) is 18.0 Å². The second-order valence-corrected chi connectivity index (χ2v) is 3.45. The highest BCUT2D eigenvalue weighted by molar-refractivity contribution is 7.09. The van der Waals surface area contributed by atoms with E-state index in [1.54, 1.807) is 0 Å². The summed E-state index contributed by atoms with van der Waals surface area (Å²) in [7, 11) is 1.35. The van der Waals surface area contributed by atoms with Gasteiger partial charge in [-0.15, -0.1) is 0 Å². The van der Waals surface area contributed by atoms with E-state index in [0.717, 1.165) is 18.7 Å². The topological polar surface area (TPSA) is 64.1 Å². The van der Waals surface area contributed by atoms with Crippen LogP contribution in [0.2, 0.25) is 0 Å². The zero-order valence-electron chi connectivity index (χ0n) is 8.24. The zero-order chi connectivity index (χ0) is 10.4. The summed E-state index contributed by atoms with van der Waals surface area (Å²) >= 11 is 1.26. The van der Waals surface area contributed by atoms with Gasteiger partial charge in [0.05, 0.1) is 7.11 Å². The van der Waals surface area contributed by atoms with Crippen LogP contribution in [0.15, 0.2) is 0 Å². The summed E-state index contributed by atoms with van der Waals surface area (Å²) in [4.78, 5) is 15.0. The molecule has 0 atom stereocenters. The lowest BCUT2D eigenvalue weighted by molar-refractivity contribution is -0.138. The molecule has 0 fully saturated rings. The Hall–Kier alpha value is -1.17. The van der Waals surface area contributed by atoms with E-state index in [9.17, 15) is 4.79 Å². The fourth-order valence-corrected chi connectivity index (χ4v) is 1.48. The van der Waals surface area contributed by atoms with Crippen LogP contribution in [0.3, 0.4) is 0 Å². The molecule has 1 N–H and O–H groups in total. The van der Waals surface area contributed by atoms with Crippen molar-refractivity contribution in [2.24, 2.45) is 0 Å². The molecule has 0 amide bonds. The first-order valence-electron chi connectivity index (χ1n) is 4.39. The van der Waals surface area contributed by atoms with Gasteiger partial charge in [0.15, 0.2) is 0 Å². The molecule has 1 aromatic rings. The molecular weight excluding hydrogens is 202 g/mol. The van der Waals surface area contributed by atoms with E-state index >= 15 is 0 Å². The number of ether oxygens (including phenoxy) is 1. The highest BCUT2D eigenvalue weighted by atomic mass is 32.1. The monoisotopic (exact) mass is 215 g/mol. The number of aryl methyl sites for hydroxylation is 1. The number of aromatic nitrogens is 2. The molecule has 5 nitrogen and oxygen atoms in total. The fraction of sp³-hybridized carbons (Fsp3) is 0.625. The molecule has 1 rings (SSSR count). The van der Waals surface area contributed by atoms with Crippen LogP contribution >= 0.6 is 11.5 Å². The van der Waals surface area contributed by atoms with Crippen LogP contribution in [-0.4, -0.2) is 29.0 Å². The van der Waals surface area contributed by atoms with Crippen LogP contribution in [0.4, 0.5) is 5.13 Å². The molecule has 1 aromatic heterocycles. The van der Waals surface area contributed by atoms with Crippen LogP contribution < -0.4 is 5.32 Å². The summed E-state index contributed by atoms with van der Waals surface area (Å²) in [5, 5.41) is 3.51. The van der Waals surface area contributed by atoms with Crippen LogP contribution in [0, 0.1) is 0 Å². The molecule has 0 radical (unpaired) electrons. The molecule has 0 aromatic carbocycles. The van der Waals surface area contributed by atoms with Gasteiger partial charge in [-0.25, -0.2) is 4.98 Å². The lowest BCUT2D eigenvalue weighted by atomic mass is 10.3. The predicted molar refractivity (Wildman–Crippen MR) is 54.4 cm³/mol. The van der Waals surface area contributed by atoms with Crippen molar-refractivity contribution in [2.75, 3.05) is 19.0 Å². The number of anilines is 1. The van der Waals surface area contributed by atoms with E-state index in [-0.39, 0.29) is 12.5 Å². The van der Waals surface area contributed by atoms with Gasteiger partial charge >= 0.3 is 5.97 Å². The van der Waals surface area contributed by atoms with E-state index < -0.39 is 0 Å². The SMILES string of the molecule is CCCc1nsc(NCC(=O)OC)n1. The third-order valence-corrected chi connectivity index (χ3v) is 2.26. The van der Waals surface area contributed by atoms with Crippen molar-refractivity contribution in [1.82, 2.24) is 9.36 Å². The largest absolute Gasteiger partial charge is 0.468 e. The Morgan fingerprint density at radius 2 is 2.43 bits per heavy atom. The van der Waals surface area contributed by atoms with Gasteiger partial charge in [-0.3, -0.25) is 4.79 Å². The molecule has 0 bridgehead atoms. The van der Waals surface area contributed by atoms with Gasteiger partial charge in [0.1, 0.15) is 12.4 Å². The molecule has 6 heteroatoms. The first kappa shape index (κ1) is 10.9. The molecule has 1 heterocycles. The molecule has 0 aliphatic rings. The quantitative estimate of drug-likeness (QED) is 0.744. The Labute approximate surface area is 86.7 Å².